The minimum atomic E-state index is -0.339. The Kier molecular flexibility index (Phi) is 3.35. The Hall–Kier alpha value is -3.40. The average Bonchev–Trinajstić information content (AvgIpc) is 3.21. The molecule has 0 fully saturated rings. The van der Waals surface area contributed by atoms with Crippen molar-refractivity contribution >= 4 is 28.3 Å². The van der Waals surface area contributed by atoms with Crippen molar-refractivity contribution in [3.63, 3.8) is 0 Å². The molecule has 1 aliphatic heterocycles. The Labute approximate surface area is 138 Å². The zero-order valence-electron chi connectivity index (χ0n) is 12.8. The highest BCUT2D eigenvalue weighted by Gasteiger charge is 2.18. The van der Waals surface area contributed by atoms with Gasteiger partial charge in [-0.25, -0.2) is 9.97 Å². The van der Waals surface area contributed by atoms with Gasteiger partial charge in [-0.15, -0.1) is 0 Å². The first-order valence-electron chi connectivity index (χ1n) is 7.62. The molecule has 3 aromatic heterocycles. The normalized spacial score (nSPS) is 12.5. The predicted octanol–water partition coefficient (Wildman–Crippen LogP) is 2.24. The fraction of sp³-hybridized carbons (Fsp3) is 0.176. The Morgan fingerprint density at radius 2 is 2.25 bits per heavy atom. The van der Waals surface area contributed by atoms with E-state index >= 15 is 0 Å². The average molecular weight is 318 g/mol. The van der Waals surface area contributed by atoms with Gasteiger partial charge in [0, 0.05) is 29.9 Å². The van der Waals surface area contributed by atoms with Crippen LogP contribution in [0.25, 0.3) is 16.7 Å². The molecule has 7 nitrogen and oxygen atoms in total. The van der Waals surface area contributed by atoms with Crippen LogP contribution < -0.4 is 10.6 Å². The first-order chi connectivity index (χ1) is 11.8. The van der Waals surface area contributed by atoms with Gasteiger partial charge < -0.3 is 15.2 Å². The van der Waals surface area contributed by atoms with Crippen molar-refractivity contribution in [1.29, 1.82) is 5.26 Å². The lowest BCUT2D eigenvalue weighted by Crippen LogP contribution is -2.10. The van der Waals surface area contributed by atoms with E-state index in [1.54, 1.807) is 12.3 Å². The van der Waals surface area contributed by atoms with Gasteiger partial charge in [-0.3, -0.25) is 4.79 Å². The predicted molar refractivity (Wildman–Crippen MR) is 89.9 cm³/mol. The Morgan fingerprint density at radius 3 is 3.04 bits per heavy atom. The van der Waals surface area contributed by atoms with Gasteiger partial charge in [0.05, 0.1) is 23.5 Å². The number of fused-ring (bicyclic) bond motifs is 3. The SMILES string of the molecule is N#CCC(=O)Nc1ccc(-n2ccc3cnc4c(c32)CCN4)nc1. The van der Waals surface area contributed by atoms with Crippen LogP contribution in [0, 0.1) is 11.3 Å². The highest BCUT2D eigenvalue weighted by Crippen LogP contribution is 2.30. The molecule has 118 valence electrons. The third kappa shape index (κ3) is 2.34. The maximum Gasteiger partial charge on any atom is 0.238 e. The summed E-state index contributed by atoms with van der Waals surface area (Å²) in [5.41, 5.74) is 2.88. The number of hydrogen-bond acceptors (Lipinski definition) is 5. The molecule has 0 radical (unpaired) electrons. The van der Waals surface area contributed by atoms with E-state index in [1.165, 1.54) is 5.56 Å². The monoisotopic (exact) mass is 318 g/mol. The lowest BCUT2D eigenvalue weighted by molar-refractivity contribution is -0.115. The van der Waals surface area contributed by atoms with E-state index in [4.69, 9.17) is 5.26 Å². The summed E-state index contributed by atoms with van der Waals surface area (Å²) in [5.74, 6) is 1.36. The van der Waals surface area contributed by atoms with Gasteiger partial charge in [0.1, 0.15) is 18.1 Å². The van der Waals surface area contributed by atoms with Crippen LogP contribution in [-0.2, 0) is 11.2 Å². The topological polar surface area (TPSA) is 95.6 Å². The minimum absolute atomic E-state index is 0.171. The summed E-state index contributed by atoms with van der Waals surface area (Å²) in [4.78, 5) is 20.3. The number of amides is 1. The van der Waals surface area contributed by atoms with Crippen molar-refractivity contribution in [2.75, 3.05) is 17.2 Å². The maximum atomic E-state index is 11.4. The second-order valence-corrected chi connectivity index (χ2v) is 5.54. The van der Waals surface area contributed by atoms with Gasteiger partial charge in [-0.05, 0) is 24.6 Å². The van der Waals surface area contributed by atoms with Crippen LogP contribution in [-0.4, -0.2) is 27.0 Å². The number of carbonyl (C=O) groups excluding carboxylic acids is 1. The number of hydrogen-bond donors (Lipinski definition) is 2. The fourth-order valence-corrected chi connectivity index (χ4v) is 2.96. The number of carbonyl (C=O) groups is 1. The summed E-state index contributed by atoms with van der Waals surface area (Å²) >= 11 is 0. The van der Waals surface area contributed by atoms with E-state index in [-0.39, 0.29) is 12.3 Å². The van der Waals surface area contributed by atoms with Crippen LogP contribution in [0.15, 0.2) is 36.8 Å². The quantitative estimate of drug-likeness (QED) is 0.772. The van der Waals surface area contributed by atoms with E-state index in [9.17, 15) is 4.79 Å². The summed E-state index contributed by atoms with van der Waals surface area (Å²) in [5, 5.41) is 15.5. The van der Waals surface area contributed by atoms with E-state index in [2.05, 4.69) is 20.6 Å². The Bertz CT molecular complexity index is 967. The zero-order valence-corrected chi connectivity index (χ0v) is 12.8. The van der Waals surface area contributed by atoms with Gasteiger partial charge in [-0.2, -0.15) is 5.26 Å². The number of nitriles is 1. The molecule has 1 amide bonds. The molecule has 3 aromatic rings. The summed E-state index contributed by atoms with van der Waals surface area (Å²) in [7, 11) is 0. The molecule has 0 aromatic carbocycles. The number of anilines is 2. The molecular formula is C17H14N6O. The van der Waals surface area contributed by atoms with Gasteiger partial charge in [0.2, 0.25) is 5.91 Å². The van der Waals surface area contributed by atoms with E-state index in [1.807, 2.05) is 35.2 Å². The summed E-state index contributed by atoms with van der Waals surface area (Å²) < 4.78 is 2.03. The van der Waals surface area contributed by atoms with Crippen molar-refractivity contribution in [2.45, 2.75) is 12.8 Å². The minimum Gasteiger partial charge on any atom is -0.369 e. The Morgan fingerprint density at radius 1 is 1.33 bits per heavy atom. The van der Waals surface area contributed by atoms with Gasteiger partial charge in [0.15, 0.2) is 0 Å². The molecule has 7 heteroatoms. The van der Waals surface area contributed by atoms with Crippen LogP contribution in [0.4, 0.5) is 11.5 Å². The number of nitrogens with zero attached hydrogens (tertiary/aromatic N) is 4. The summed E-state index contributed by atoms with van der Waals surface area (Å²) in [6.07, 6.45) is 6.19. The summed E-state index contributed by atoms with van der Waals surface area (Å²) in [6, 6.07) is 7.46. The van der Waals surface area contributed by atoms with E-state index < -0.39 is 0 Å². The first-order valence-corrected chi connectivity index (χ1v) is 7.62. The molecule has 0 saturated heterocycles. The molecule has 0 spiro atoms. The van der Waals surface area contributed by atoms with Crippen molar-refractivity contribution in [3.8, 4) is 11.9 Å². The lowest BCUT2D eigenvalue weighted by Gasteiger charge is -2.09. The van der Waals surface area contributed by atoms with Crippen molar-refractivity contribution in [3.05, 3.63) is 42.4 Å². The second-order valence-electron chi connectivity index (χ2n) is 5.54. The van der Waals surface area contributed by atoms with Crippen molar-refractivity contribution in [2.24, 2.45) is 0 Å². The highest BCUT2D eigenvalue weighted by molar-refractivity contribution is 5.92. The van der Waals surface area contributed by atoms with Gasteiger partial charge >= 0.3 is 0 Å². The maximum absolute atomic E-state index is 11.4. The van der Waals surface area contributed by atoms with Crippen LogP contribution >= 0.6 is 0 Å². The molecule has 0 aliphatic carbocycles. The van der Waals surface area contributed by atoms with Crippen molar-refractivity contribution in [1.82, 2.24) is 14.5 Å². The van der Waals surface area contributed by atoms with Gasteiger partial charge in [0.25, 0.3) is 0 Å². The smallest absolute Gasteiger partial charge is 0.238 e. The highest BCUT2D eigenvalue weighted by atomic mass is 16.1. The molecule has 1 aliphatic rings. The van der Waals surface area contributed by atoms with Crippen LogP contribution in [0.3, 0.4) is 0 Å². The van der Waals surface area contributed by atoms with Crippen LogP contribution in [0.5, 0.6) is 0 Å². The third-order valence-corrected chi connectivity index (χ3v) is 4.01. The number of rotatable bonds is 3. The molecule has 4 heterocycles. The summed E-state index contributed by atoms with van der Waals surface area (Å²) in [6.45, 7) is 0.893. The zero-order chi connectivity index (χ0) is 16.5. The molecular weight excluding hydrogens is 304 g/mol. The van der Waals surface area contributed by atoms with Crippen molar-refractivity contribution < 1.29 is 4.79 Å². The van der Waals surface area contributed by atoms with Crippen LogP contribution in [0.2, 0.25) is 0 Å². The van der Waals surface area contributed by atoms with Crippen LogP contribution in [0.1, 0.15) is 12.0 Å². The number of nitrogens with one attached hydrogen (secondary N) is 2. The molecule has 0 atom stereocenters. The van der Waals surface area contributed by atoms with E-state index in [0.717, 1.165) is 35.5 Å². The van der Waals surface area contributed by atoms with Gasteiger partial charge in [-0.1, -0.05) is 0 Å². The molecule has 0 unspecified atom stereocenters. The molecule has 0 saturated carbocycles. The van der Waals surface area contributed by atoms with E-state index in [0.29, 0.717) is 5.69 Å². The molecule has 2 N–H and O–H groups in total. The standard InChI is InChI=1S/C17H14N6O/c18-6-3-15(24)22-12-1-2-14(20-10-12)23-8-5-11-9-21-17-13(16(11)23)4-7-19-17/h1-2,5,8-10H,3-4,7H2,(H,19,21)(H,22,24). The molecule has 4 rings (SSSR count). The molecule has 0 bridgehead atoms. The number of aromatic nitrogens is 3. The fourth-order valence-electron chi connectivity index (χ4n) is 2.96. The Balaban J connectivity index is 1.70. The first kappa shape index (κ1) is 14.2. The second kappa shape index (κ2) is 5.66. The number of pyridine rings is 2. The molecule has 24 heavy (non-hydrogen) atoms. The third-order valence-electron chi connectivity index (χ3n) is 4.01. The lowest BCUT2D eigenvalue weighted by atomic mass is 10.2. The largest absolute Gasteiger partial charge is 0.369 e.